The second-order valence-corrected chi connectivity index (χ2v) is 13.6. The van der Waals surface area contributed by atoms with Gasteiger partial charge in [0.1, 0.15) is 0 Å². The minimum Gasteiger partial charge on any atom is -0.309 e. The van der Waals surface area contributed by atoms with E-state index in [-0.39, 0.29) is 0 Å². The van der Waals surface area contributed by atoms with E-state index in [1.807, 2.05) is 18.2 Å². The van der Waals surface area contributed by atoms with E-state index in [0.29, 0.717) is 0 Å². The van der Waals surface area contributed by atoms with Gasteiger partial charge in [0.2, 0.25) is 0 Å². The summed E-state index contributed by atoms with van der Waals surface area (Å²) in [7, 11) is 0. The van der Waals surface area contributed by atoms with E-state index in [2.05, 4.69) is 162 Å². The van der Waals surface area contributed by atoms with Gasteiger partial charge in [-0.15, -0.1) is 11.3 Å². The molecule has 4 heteroatoms. The Morgan fingerprint density at radius 2 is 1.00 bits per heavy atom. The molecule has 0 bridgehead atoms. The predicted octanol–water partition coefficient (Wildman–Crippen LogP) is 12.6. The lowest BCUT2D eigenvalue weighted by molar-refractivity contribution is 1.18. The van der Waals surface area contributed by atoms with Crippen LogP contribution in [-0.2, 0) is 0 Å². The van der Waals surface area contributed by atoms with Crippen LogP contribution in [0.3, 0.4) is 0 Å². The average Bonchev–Trinajstić information content (AvgIpc) is 3.75. The predicted molar refractivity (Wildman–Crippen MR) is 211 cm³/mol. The number of nitrogens with zero attached hydrogens (tertiary/aromatic N) is 3. The molecule has 234 valence electrons. The number of benzene rings is 7. The molecule has 0 saturated heterocycles. The number of hydrogen-bond acceptors (Lipinski definition) is 3. The van der Waals surface area contributed by atoms with Crippen molar-refractivity contribution in [3.63, 3.8) is 0 Å². The van der Waals surface area contributed by atoms with Crippen LogP contribution in [0.1, 0.15) is 0 Å². The molecule has 0 aliphatic rings. The summed E-state index contributed by atoms with van der Waals surface area (Å²) < 4.78 is 4.69. The molecule has 0 aliphatic heterocycles. The second-order valence-electron chi connectivity index (χ2n) is 12.6. The zero-order chi connectivity index (χ0) is 33.0. The van der Waals surface area contributed by atoms with Gasteiger partial charge in [-0.1, -0.05) is 146 Å². The molecule has 3 heterocycles. The third kappa shape index (κ3) is 4.57. The number of aromatic nitrogens is 3. The molecule has 10 aromatic rings. The quantitative estimate of drug-likeness (QED) is 0.185. The van der Waals surface area contributed by atoms with E-state index in [0.717, 1.165) is 38.5 Å². The van der Waals surface area contributed by atoms with Crippen LogP contribution in [0.25, 0.3) is 92.7 Å². The summed E-state index contributed by atoms with van der Waals surface area (Å²) in [6, 6.07) is 62.5. The lowest BCUT2D eigenvalue weighted by Crippen LogP contribution is -1.93. The van der Waals surface area contributed by atoms with Crippen LogP contribution in [0.15, 0.2) is 176 Å². The van der Waals surface area contributed by atoms with E-state index in [9.17, 15) is 0 Å². The molecule has 0 saturated carbocycles. The molecule has 0 N–H and O–H groups in total. The normalized spacial score (nSPS) is 11.6. The molecule has 0 unspecified atom stereocenters. The summed E-state index contributed by atoms with van der Waals surface area (Å²) in [5, 5.41) is 3.69. The first kappa shape index (κ1) is 28.6. The summed E-state index contributed by atoms with van der Waals surface area (Å²) in [5.74, 6) is 0.740. The standard InChI is InChI=1S/C46H29N3S/c1-4-14-32(15-5-1)43-45-44(48-46(47-43)33-16-6-2-7-17-33)42-36(22-13-25-40(42)50-45)31-28-26-30(27-29-31)35-21-12-24-39-41(35)37-20-10-11-23-38(37)49(39)34-18-8-3-9-19-34/h1-29H. The highest BCUT2D eigenvalue weighted by Gasteiger charge is 2.20. The first-order chi connectivity index (χ1) is 24.8. The Labute approximate surface area is 293 Å². The van der Waals surface area contributed by atoms with Crippen LogP contribution in [0.4, 0.5) is 0 Å². The van der Waals surface area contributed by atoms with Gasteiger partial charge in [0.15, 0.2) is 5.82 Å². The first-order valence-corrected chi connectivity index (χ1v) is 17.7. The van der Waals surface area contributed by atoms with Crippen LogP contribution in [-0.4, -0.2) is 14.5 Å². The van der Waals surface area contributed by atoms with Gasteiger partial charge in [-0.3, -0.25) is 0 Å². The van der Waals surface area contributed by atoms with Crippen molar-refractivity contribution in [2.24, 2.45) is 0 Å². The summed E-state index contributed by atoms with van der Waals surface area (Å²) in [6.07, 6.45) is 0. The fourth-order valence-electron chi connectivity index (χ4n) is 7.38. The SMILES string of the molecule is c1ccc(-c2nc(-c3ccccc3)c3sc4cccc(-c5ccc(-c6cccc7c6c6ccccc6n7-c6ccccc6)cc5)c4c3n2)cc1. The molecule has 0 fully saturated rings. The zero-order valence-electron chi connectivity index (χ0n) is 27.0. The summed E-state index contributed by atoms with van der Waals surface area (Å²) >= 11 is 1.77. The summed E-state index contributed by atoms with van der Waals surface area (Å²) in [5.41, 5.74) is 12.4. The molecule has 0 radical (unpaired) electrons. The van der Waals surface area contributed by atoms with Gasteiger partial charge in [0, 0.05) is 37.7 Å². The maximum atomic E-state index is 5.26. The molecule has 0 spiro atoms. The van der Waals surface area contributed by atoms with Crippen LogP contribution < -0.4 is 0 Å². The third-order valence-corrected chi connectivity index (χ3v) is 10.8. The van der Waals surface area contributed by atoms with E-state index in [1.54, 1.807) is 11.3 Å². The Hall–Kier alpha value is -6.36. The molecule has 50 heavy (non-hydrogen) atoms. The number of thiophene rings is 1. The molecule has 0 amide bonds. The van der Waals surface area contributed by atoms with E-state index in [4.69, 9.17) is 9.97 Å². The Balaban J connectivity index is 1.15. The van der Waals surface area contributed by atoms with Gasteiger partial charge in [0.25, 0.3) is 0 Å². The first-order valence-electron chi connectivity index (χ1n) is 16.8. The van der Waals surface area contributed by atoms with E-state index < -0.39 is 0 Å². The molecule has 7 aromatic carbocycles. The molecule has 3 aromatic heterocycles. The van der Waals surface area contributed by atoms with Gasteiger partial charge in [-0.25, -0.2) is 9.97 Å². The molecule has 3 nitrogen and oxygen atoms in total. The lowest BCUT2D eigenvalue weighted by atomic mass is 9.95. The van der Waals surface area contributed by atoms with Crippen LogP contribution >= 0.6 is 11.3 Å². The number of rotatable bonds is 5. The zero-order valence-corrected chi connectivity index (χ0v) is 27.8. The van der Waals surface area contributed by atoms with Crippen LogP contribution in [0, 0.1) is 0 Å². The topological polar surface area (TPSA) is 30.7 Å². The number of para-hydroxylation sites is 2. The van der Waals surface area contributed by atoms with Crippen LogP contribution in [0.2, 0.25) is 0 Å². The molecule has 0 aliphatic carbocycles. The Kier molecular flexibility index (Phi) is 6.68. The lowest BCUT2D eigenvalue weighted by Gasteiger charge is -2.10. The summed E-state index contributed by atoms with van der Waals surface area (Å²) in [4.78, 5) is 10.4. The molecular weight excluding hydrogens is 627 g/mol. The second kappa shape index (κ2) is 11.7. The Morgan fingerprint density at radius 1 is 0.420 bits per heavy atom. The Bertz CT molecular complexity index is 2840. The van der Waals surface area contributed by atoms with E-state index >= 15 is 0 Å². The third-order valence-electron chi connectivity index (χ3n) is 9.64. The van der Waals surface area contributed by atoms with Crippen molar-refractivity contribution < 1.29 is 0 Å². The van der Waals surface area contributed by atoms with E-state index in [1.165, 1.54) is 54.1 Å². The average molecular weight is 656 g/mol. The molecule has 0 atom stereocenters. The minimum absolute atomic E-state index is 0.740. The van der Waals surface area contributed by atoms with Crippen LogP contribution in [0.5, 0.6) is 0 Å². The maximum Gasteiger partial charge on any atom is 0.160 e. The van der Waals surface area contributed by atoms with Gasteiger partial charge in [-0.05, 0) is 52.6 Å². The number of fused-ring (bicyclic) bond motifs is 6. The molecule has 10 rings (SSSR count). The van der Waals surface area contributed by atoms with Crippen molar-refractivity contribution in [2.45, 2.75) is 0 Å². The smallest absolute Gasteiger partial charge is 0.160 e. The monoisotopic (exact) mass is 655 g/mol. The Morgan fingerprint density at radius 3 is 1.72 bits per heavy atom. The van der Waals surface area contributed by atoms with Gasteiger partial charge in [-0.2, -0.15) is 0 Å². The highest BCUT2D eigenvalue weighted by atomic mass is 32.1. The van der Waals surface area contributed by atoms with Gasteiger partial charge >= 0.3 is 0 Å². The van der Waals surface area contributed by atoms with Crippen molar-refractivity contribution in [3.8, 4) is 50.6 Å². The minimum atomic E-state index is 0.740. The fourth-order valence-corrected chi connectivity index (χ4v) is 8.56. The summed E-state index contributed by atoms with van der Waals surface area (Å²) in [6.45, 7) is 0. The van der Waals surface area contributed by atoms with Crippen molar-refractivity contribution >= 4 is 53.4 Å². The number of hydrogen-bond donors (Lipinski definition) is 0. The highest BCUT2D eigenvalue weighted by Crippen LogP contribution is 2.44. The van der Waals surface area contributed by atoms with Gasteiger partial charge < -0.3 is 4.57 Å². The van der Waals surface area contributed by atoms with Crippen molar-refractivity contribution in [1.82, 2.24) is 14.5 Å². The highest BCUT2D eigenvalue weighted by molar-refractivity contribution is 7.26. The molecular formula is C46H29N3S. The van der Waals surface area contributed by atoms with Crippen molar-refractivity contribution in [2.75, 3.05) is 0 Å². The fraction of sp³-hybridized carbons (Fsp3) is 0. The van der Waals surface area contributed by atoms with Crippen molar-refractivity contribution in [3.05, 3.63) is 176 Å². The van der Waals surface area contributed by atoms with Crippen molar-refractivity contribution in [1.29, 1.82) is 0 Å². The van der Waals surface area contributed by atoms with Gasteiger partial charge in [0.05, 0.1) is 26.9 Å². The maximum absolute atomic E-state index is 5.26. The largest absolute Gasteiger partial charge is 0.309 e.